The van der Waals surface area contributed by atoms with Crippen LogP contribution in [0, 0.1) is 16.0 Å². The third-order valence-electron chi connectivity index (χ3n) is 4.41. The summed E-state index contributed by atoms with van der Waals surface area (Å²) in [5, 5.41) is 13.2. The lowest BCUT2D eigenvalue weighted by atomic mass is 9.86. The number of nitro benzene ring substituents is 1. The number of esters is 1. The van der Waals surface area contributed by atoms with Gasteiger partial charge >= 0.3 is 5.97 Å². The number of halogens is 1. The van der Waals surface area contributed by atoms with Gasteiger partial charge in [-0.2, -0.15) is 0 Å². The van der Waals surface area contributed by atoms with Crippen molar-refractivity contribution >= 4 is 34.9 Å². The number of nitrogens with one attached hydrogen (secondary N) is 1. The first kappa shape index (κ1) is 21.4. The van der Waals surface area contributed by atoms with E-state index in [0.717, 1.165) is 18.1 Å². The Morgan fingerprint density at radius 3 is 2.46 bits per heavy atom. The smallest absolute Gasteiger partial charge is 0.314 e. The summed E-state index contributed by atoms with van der Waals surface area (Å²) in [6.45, 7) is 3.46. The minimum absolute atomic E-state index is 0.0237. The predicted molar refractivity (Wildman–Crippen MR) is 106 cm³/mol. The zero-order chi connectivity index (χ0) is 20.7. The maximum Gasteiger partial charge on any atom is 0.314 e. The molecule has 0 saturated heterocycles. The molecular formula is C20H21ClN2O5. The number of carbonyl (C=O) groups is 2. The number of benzene rings is 2. The largest absolute Gasteiger partial charge is 0.455 e. The van der Waals surface area contributed by atoms with Crippen LogP contribution in [0.15, 0.2) is 48.5 Å². The average molecular weight is 405 g/mol. The molecule has 2 atom stereocenters. The van der Waals surface area contributed by atoms with E-state index in [1.54, 1.807) is 0 Å². The Labute approximate surface area is 167 Å². The molecule has 2 aromatic rings. The summed E-state index contributed by atoms with van der Waals surface area (Å²) in [5.74, 6) is -1.49. The van der Waals surface area contributed by atoms with Crippen molar-refractivity contribution in [2.45, 2.75) is 26.2 Å². The van der Waals surface area contributed by atoms with Gasteiger partial charge in [0, 0.05) is 12.1 Å². The summed E-state index contributed by atoms with van der Waals surface area (Å²) >= 11 is 5.94. The lowest BCUT2D eigenvalue weighted by molar-refractivity contribution is -0.384. The van der Waals surface area contributed by atoms with Crippen LogP contribution in [0.2, 0.25) is 5.02 Å². The zero-order valence-electron chi connectivity index (χ0n) is 15.6. The molecule has 2 aromatic carbocycles. The van der Waals surface area contributed by atoms with Gasteiger partial charge in [0.2, 0.25) is 0 Å². The van der Waals surface area contributed by atoms with Crippen molar-refractivity contribution < 1.29 is 19.2 Å². The van der Waals surface area contributed by atoms with Gasteiger partial charge in [-0.1, -0.05) is 62.2 Å². The molecule has 0 aliphatic rings. The first-order valence-electron chi connectivity index (χ1n) is 8.78. The molecule has 0 saturated carbocycles. The summed E-state index contributed by atoms with van der Waals surface area (Å²) in [6.07, 6.45) is 0.777. The molecule has 8 heteroatoms. The van der Waals surface area contributed by atoms with E-state index >= 15 is 0 Å². The molecule has 0 aliphatic carbocycles. The standard InChI is InChI=1S/C20H21ClN2O5/c1-3-13(2)19(14-7-5-4-6-8-14)20(25)28-12-18(24)22-17-10-9-15(23(26)27)11-16(17)21/h4-11,13,19H,3,12H2,1-2H3,(H,22,24)/t13-,19+/m1/s1. The number of anilines is 1. The zero-order valence-corrected chi connectivity index (χ0v) is 16.3. The number of carbonyl (C=O) groups excluding carboxylic acids is 2. The van der Waals surface area contributed by atoms with Crippen LogP contribution in [0.4, 0.5) is 11.4 Å². The second-order valence-electron chi connectivity index (χ2n) is 6.35. The van der Waals surface area contributed by atoms with Crippen molar-refractivity contribution in [1.29, 1.82) is 0 Å². The third kappa shape index (κ3) is 5.53. The maximum atomic E-state index is 12.6. The Morgan fingerprint density at radius 1 is 1.21 bits per heavy atom. The number of ether oxygens (including phenoxy) is 1. The van der Waals surface area contributed by atoms with E-state index in [-0.39, 0.29) is 22.3 Å². The highest BCUT2D eigenvalue weighted by Crippen LogP contribution is 2.29. The molecule has 0 aliphatic heterocycles. The average Bonchev–Trinajstić information content (AvgIpc) is 2.68. The van der Waals surface area contributed by atoms with Crippen molar-refractivity contribution in [2.24, 2.45) is 5.92 Å². The molecule has 0 heterocycles. The summed E-state index contributed by atoms with van der Waals surface area (Å²) in [4.78, 5) is 34.8. The number of hydrogen-bond acceptors (Lipinski definition) is 5. The number of non-ortho nitro benzene ring substituents is 1. The molecule has 0 unspecified atom stereocenters. The quantitative estimate of drug-likeness (QED) is 0.395. The normalized spacial score (nSPS) is 12.7. The number of rotatable bonds is 8. The second kappa shape index (κ2) is 9.85. The second-order valence-corrected chi connectivity index (χ2v) is 6.76. The Balaban J connectivity index is 2.01. The maximum absolute atomic E-state index is 12.6. The monoisotopic (exact) mass is 404 g/mol. The van der Waals surface area contributed by atoms with E-state index in [1.165, 1.54) is 12.1 Å². The first-order chi connectivity index (χ1) is 13.3. The van der Waals surface area contributed by atoms with Gasteiger partial charge in [-0.3, -0.25) is 19.7 Å². The van der Waals surface area contributed by atoms with E-state index in [0.29, 0.717) is 0 Å². The molecule has 0 spiro atoms. The molecule has 148 valence electrons. The highest BCUT2D eigenvalue weighted by Gasteiger charge is 2.27. The summed E-state index contributed by atoms with van der Waals surface area (Å²) in [7, 11) is 0. The fourth-order valence-electron chi connectivity index (χ4n) is 2.72. The minimum atomic E-state index is -0.585. The van der Waals surface area contributed by atoms with E-state index in [1.807, 2.05) is 44.2 Å². The van der Waals surface area contributed by atoms with Crippen LogP contribution in [0.1, 0.15) is 31.7 Å². The fourth-order valence-corrected chi connectivity index (χ4v) is 2.95. The number of hydrogen-bond donors (Lipinski definition) is 1. The number of nitro groups is 1. The number of amides is 1. The predicted octanol–water partition coefficient (Wildman–Crippen LogP) is 4.56. The van der Waals surface area contributed by atoms with Crippen LogP contribution in [-0.2, 0) is 14.3 Å². The van der Waals surface area contributed by atoms with Crippen LogP contribution in [-0.4, -0.2) is 23.4 Å². The van der Waals surface area contributed by atoms with Gasteiger partial charge in [-0.15, -0.1) is 0 Å². The van der Waals surface area contributed by atoms with Gasteiger partial charge in [-0.05, 0) is 17.5 Å². The highest BCUT2D eigenvalue weighted by atomic mass is 35.5. The number of nitrogens with zero attached hydrogens (tertiary/aromatic N) is 1. The molecule has 28 heavy (non-hydrogen) atoms. The first-order valence-corrected chi connectivity index (χ1v) is 9.16. The molecule has 0 fully saturated rings. The Hall–Kier alpha value is -2.93. The van der Waals surface area contributed by atoms with Gasteiger partial charge < -0.3 is 10.1 Å². The molecule has 0 radical (unpaired) electrons. The van der Waals surface area contributed by atoms with Crippen molar-refractivity contribution in [1.82, 2.24) is 0 Å². The SMILES string of the molecule is CC[C@@H](C)[C@H](C(=O)OCC(=O)Nc1ccc([N+](=O)[O-])cc1Cl)c1ccccc1. The van der Waals surface area contributed by atoms with Gasteiger partial charge in [0.05, 0.1) is 21.6 Å². The Bertz CT molecular complexity index is 857. The van der Waals surface area contributed by atoms with E-state index in [4.69, 9.17) is 16.3 Å². The van der Waals surface area contributed by atoms with Crippen LogP contribution < -0.4 is 5.32 Å². The van der Waals surface area contributed by atoms with Crippen LogP contribution in [0.25, 0.3) is 0 Å². The van der Waals surface area contributed by atoms with Crippen molar-refractivity contribution in [3.05, 3.63) is 69.2 Å². The van der Waals surface area contributed by atoms with Crippen LogP contribution in [0.5, 0.6) is 0 Å². The van der Waals surface area contributed by atoms with Crippen LogP contribution >= 0.6 is 11.6 Å². The Kier molecular flexibility index (Phi) is 7.52. The summed E-state index contributed by atoms with van der Waals surface area (Å²) < 4.78 is 5.22. The van der Waals surface area contributed by atoms with E-state index < -0.39 is 29.3 Å². The molecule has 2 rings (SSSR count). The summed E-state index contributed by atoms with van der Waals surface area (Å²) in [6, 6.07) is 13.0. The van der Waals surface area contributed by atoms with Gasteiger partial charge in [0.25, 0.3) is 11.6 Å². The van der Waals surface area contributed by atoms with Crippen molar-refractivity contribution in [3.8, 4) is 0 Å². The highest BCUT2D eigenvalue weighted by molar-refractivity contribution is 6.34. The molecule has 0 bridgehead atoms. The molecule has 0 aromatic heterocycles. The van der Waals surface area contributed by atoms with Crippen LogP contribution in [0.3, 0.4) is 0 Å². The lowest BCUT2D eigenvalue weighted by Crippen LogP contribution is -2.27. The minimum Gasteiger partial charge on any atom is -0.455 e. The van der Waals surface area contributed by atoms with E-state index in [2.05, 4.69) is 5.32 Å². The molecule has 7 nitrogen and oxygen atoms in total. The topological polar surface area (TPSA) is 98.5 Å². The van der Waals surface area contributed by atoms with E-state index in [9.17, 15) is 19.7 Å². The van der Waals surface area contributed by atoms with Gasteiger partial charge in [0.15, 0.2) is 6.61 Å². The molecule has 1 amide bonds. The fraction of sp³-hybridized carbons (Fsp3) is 0.300. The Morgan fingerprint density at radius 2 is 1.89 bits per heavy atom. The van der Waals surface area contributed by atoms with Gasteiger partial charge in [-0.25, -0.2) is 0 Å². The van der Waals surface area contributed by atoms with Gasteiger partial charge in [0.1, 0.15) is 0 Å². The lowest BCUT2D eigenvalue weighted by Gasteiger charge is -2.21. The van der Waals surface area contributed by atoms with Crippen molar-refractivity contribution in [3.63, 3.8) is 0 Å². The molecule has 1 N–H and O–H groups in total. The molecular weight excluding hydrogens is 384 g/mol. The third-order valence-corrected chi connectivity index (χ3v) is 4.72. The van der Waals surface area contributed by atoms with Crippen molar-refractivity contribution in [2.75, 3.05) is 11.9 Å². The summed E-state index contributed by atoms with van der Waals surface area (Å²) in [5.41, 5.74) is 0.851.